The highest BCUT2D eigenvalue weighted by molar-refractivity contribution is 6.23. The maximum Gasteiger partial charge on any atom is 0.262 e. The fraction of sp³-hybridized carbons (Fsp3) is 0.263. The molecule has 14 heteroatoms. The zero-order chi connectivity index (χ0) is 35.4. The number of aromatic nitrogens is 5. The summed E-state index contributed by atoms with van der Waals surface area (Å²) in [6, 6.07) is 24.2. The van der Waals surface area contributed by atoms with E-state index in [0.717, 1.165) is 42.0 Å². The van der Waals surface area contributed by atoms with Gasteiger partial charge in [0.05, 0.1) is 23.5 Å². The molecule has 9 rings (SSSR count). The van der Waals surface area contributed by atoms with Crippen LogP contribution in [0.3, 0.4) is 0 Å². The third kappa shape index (κ3) is 5.71. The van der Waals surface area contributed by atoms with Crippen LogP contribution in [0.1, 0.15) is 70.4 Å². The van der Waals surface area contributed by atoms with Crippen molar-refractivity contribution in [2.75, 3.05) is 5.32 Å². The van der Waals surface area contributed by atoms with Crippen LogP contribution in [0.2, 0.25) is 0 Å². The molecule has 52 heavy (non-hydrogen) atoms. The Balaban J connectivity index is 0.775. The lowest BCUT2D eigenvalue weighted by Crippen LogP contribution is -2.54. The minimum Gasteiger partial charge on any atom is -0.490 e. The number of benzene rings is 3. The standard InChI is InChI=1S/C38H32N8O6/c47-33-13-11-31(35(48)42-33)45-36(49)29-10-5-24(21-30(29)37(45)50)41-25-19-28(20-25)51-26-6-1-22(2-7-26)38(15-16-38)23-3-8-27(9-4-23)52-34-14-12-32(43-44-34)46-39-17-18-40-46/h1-10,12,14,17-18,21,25,28,31,41H,11,13,15-16,19-20H2,(H,42,47,48). The van der Waals surface area contributed by atoms with Gasteiger partial charge in [-0.3, -0.25) is 29.4 Å². The monoisotopic (exact) mass is 696 g/mol. The second-order valence-corrected chi connectivity index (χ2v) is 13.5. The third-order valence-corrected chi connectivity index (χ3v) is 10.2. The van der Waals surface area contributed by atoms with Crippen molar-refractivity contribution in [1.82, 2.24) is 35.4 Å². The molecule has 1 atom stereocenters. The highest BCUT2D eigenvalue weighted by Gasteiger charge is 2.46. The van der Waals surface area contributed by atoms with E-state index in [9.17, 15) is 19.2 Å². The summed E-state index contributed by atoms with van der Waals surface area (Å²) >= 11 is 0. The Kier molecular flexibility index (Phi) is 7.52. The fourth-order valence-electron chi connectivity index (χ4n) is 7.26. The fourth-order valence-corrected chi connectivity index (χ4v) is 7.26. The van der Waals surface area contributed by atoms with Crippen molar-refractivity contribution in [3.05, 3.63) is 114 Å². The number of hydrogen-bond acceptors (Lipinski definition) is 11. The molecule has 2 aliphatic heterocycles. The van der Waals surface area contributed by atoms with Crippen LogP contribution >= 0.6 is 0 Å². The number of rotatable bonds is 10. The number of carbonyl (C=O) groups excluding carboxylic acids is 4. The van der Waals surface area contributed by atoms with Crippen LogP contribution in [0.15, 0.2) is 91.3 Å². The summed E-state index contributed by atoms with van der Waals surface area (Å²) in [5.41, 5.74) is 3.69. The minimum absolute atomic E-state index is 0.0263. The molecule has 260 valence electrons. The molecule has 3 aromatic carbocycles. The van der Waals surface area contributed by atoms with Crippen LogP contribution in [-0.4, -0.2) is 71.9 Å². The van der Waals surface area contributed by atoms with Crippen molar-refractivity contribution in [3.63, 3.8) is 0 Å². The smallest absolute Gasteiger partial charge is 0.262 e. The van der Waals surface area contributed by atoms with Gasteiger partial charge in [0.15, 0.2) is 5.82 Å². The molecule has 2 aromatic heterocycles. The second-order valence-electron chi connectivity index (χ2n) is 13.5. The zero-order valence-corrected chi connectivity index (χ0v) is 27.8. The molecule has 5 aromatic rings. The Hall–Kier alpha value is -6.44. The molecule has 2 aliphatic carbocycles. The van der Waals surface area contributed by atoms with Crippen LogP contribution < -0.4 is 20.1 Å². The van der Waals surface area contributed by atoms with Gasteiger partial charge < -0.3 is 14.8 Å². The maximum absolute atomic E-state index is 13.2. The number of imide groups is 2. The Labute approximate surface area is 297 Å². The van der Waals surface area contributed by atoms with Crippen molar-refractivity contribution < 1.29 is 28.7 Å². The lowest BCUT2D eigenvalue weighted by molar-refractivity contribution is -0.136. The number of hydrogen-bond donors (Lipinski definition) is 2. The summed E-state index contributed by atoms with van der Waals surface area (Å²) < 4.78 is 12.2. The highest BCUT2D eigenvalue weighted by Crippen LogP contribution is 2.54. The number of anilines is 1. The van der Waals surface area contributed by atoms with E-state index in [1.807, 2.05) is 24.3 Å². The van der Waals surface area contributed by atoms with E-state index in [1.54, 1.807) is 42.7 Å². The first-order valence-corrected chi connectivity index (χ1v) is 17.2. The van der Waals surface area contributed by atoms with Crippen molar-refractivity contribution in [1.29, 1.82) is 0 Å². The molecular formula is C38H32N8O6. The van der Waals surface area contributed by atoms with E-state index in [0.29, 0.717) is 17.4 Å². The molecule has 4 heterocycles. The number of piperidine rings is 1. The molecule has 1 saturated heterocycles. The van der Waals surface area contributed by atoms with Crippen LogP contribution in [0.25, 0.3) is 5.82 Å². The zero-order valence-electron chi connectivity index (χ0n) is 27.8. The Morgan fingerprint density at radius 2 is 1.46 bits per heavy atom. The predicted octanol–water partition coefficient (Wildman–Crippen LogP) is 4.35. The number of nitrogens with one attached hydrogen (secondary N) is 2. The second kappa shape index (κ2) is 12.4. The molecular weight excluding hydrogens is 664 g/mol. The summed E-state index contributed by atoms with van der Waals surface area (Å²) in [5.74, 6) is 0.316. The summed E-state index contributed by atoms with van der Waals surface area (Å²) in [6.07, 6.45) is 7.10. The topological polar surface area (TPSA) is 171 Å². The van der Waals surface area contributed by atoms with Gasteiger partial charge in [-0.05, 0) is 78.9 Å². The average molecular weight is 697 g/mol. The van der Waals surface area contributed by atoms with Gasteiger partial charge in [0.2, 0.25) is 17.7 Å². The first kappa shape index (κ1) is 31.5. The largest absolute Gasteiger partial charge is 0.490 e. The Morgan fingerprint density at radius 3 is 2.12 bits per heavy atom. The van der Waals surface area contributed by atoms with Gasteiger partial charge in [0, 0.05) is 42.5 Å². The molecule has 2 N–H and O–H groups in total. The van der Waals surface area contributed by atoms with Crippen LogP contribution in [0.5, 0.6) is 17.4 Å². The van der Waals surface area contributed by atoms with Gasteiger partial charge in [0.25, 0.3) is 11.8 Å². The molecule has 0 bridgehead atoms. The molecule has 4 aliphatic rings. The number of fused-ring (bicyclic) bond motifs is 1. The molecule has 14 nitrogen and oxygen atoms in total. The summed E-state index contributed by atoms with van der Waals surface area (Å²) in [7, 11) is 0. The molecule has 0 spiro atoms. The molecule has 2 saturated carbocycles. The average Bonchev–Trinajstić information content (AvgIpc) is 3.68. The van der Waals surface area contributed by atoms with E-state index >= 15 is 0 Å². The van der Waals surface area contributed by atoms with Gasteiger partial charge in [0.1, 0.15) is 23.6 Å². The van der Waals surface area contributed by atoms with Crippen LogP contribution in [-0.2, 0) is 15.0 Å². The predicted molar refractivity (Wildman–Crippen MR) is 184 cm³/mol. The van der Waals surface area contributed by atoms with Crippen molar-refractivity contribution >= 4 is 29.3 Å². The lowest BCUT2D eigenvalue weighted by atomic mass is 9.87. The van der Waals surface area contributed by atoms with E-state index in [-0.39, 0.29) is 41.5 Å². The number of carbonyl (C=O) groups is 4. The summed E-state index contributed by atoms with van der Waals surface area (Å²) in [4.78, 5) is 52.4. The van der Waals surface area contributed by atoms with Crippen LogP contribution in [0.4, 0.5) is 5.69 Å². The van der Waals surface area contributed by atoms with Gasteiger partial charge in [-0.1, -0.05) is 24.3 Å². The van der Waals surface area contributed by atoms with Gasteiger partial charge in [-0.2, -0.15) is 10.2 Å². The Bertz CT molecular complexity index is 2200. The van der Waals surface area contributed by atoms with Gasteiger partial charge in [-0.15, -0.1) is 15.0 Å². The molecule has 4 amide bonds. The van der Waals surface area contributed by atoms with Crippen molar-refractivity contribution in [2.45, 2.75) is 62.1 Å². The van der Waals surface area contributed by atoms with Crippen molar-refractivity contribution in [3.8, 4) is 23.2 Å². The maximum atomic E-state index is 13.2. The van der Waals surface area contributed by atoms with E-state index in [1.165, 1.54) is 15.9 Å². The lowest BCUT2D eigenvalue weighted by Gasteiger charge is -2.36. The van der Waals surface area contributed by atoms with E-state index in [4.69, 9.17) is 9.47 Å². The molecule has 1 unspecified atom stereocenters. The molecule has 0 radical (unpaired) electrons. The first-order valence-electron chi connectivity index (χ1n) is 17.2. The summed E-state index contributed by atoms with van der Waals surface area (Å²) in [6.45, 7) is 0. The van der Waals surface area contributed by atoms with Crippen LogP contribution in [0, 0.1) is 0 Å². The number of ether oxygens (including phenoxy) is 2. The first-order chi connectivity index (χ1) is 25.3. The third-order valence-electron chi connectivity index (χ3n) is 10.2. The minimum atomic E-state index is -0.986. The Morgan fingerprint density at radius 1 is 0.769 bits per heavy atom. The van der Waals surface area contributed by atoms with Gasteiger partial charge >= 0.3 is 0 Å². The molecule has 3 fully saturated rings. The normalized spacial score (nSPS) is 21.6. The van der Waals surface area contributed by atoms with E-state index in [2.05, 4.69) is 55.3 Å². The van der Waals surface area contributed by atoms with Crippen molar-refractivity contribution in [2.24, 2.45) is 0 Å². The number of nitrogens with zero attached hydrogens (tertiary/aromatic N) is 6. The number of amides is 4. The van der Waals surface area contributed by atoms with E-state index < -0.39 is 29.7 Å². The highest BCUT2D eigenvalue weighted by atomic mass is 16.5. The SMILES string of the molecule is O=C1CCC(N2C(=O)c3ccc(NC4CC(Oc5ccc(C6(c7ccc(Oc8ccc(-n9nccn9)nn8)cc7)CC6)cc5)C4)cc3C2=O)C(=O)N1. The quantitative estimate of drug-likeness (QED) is 0.199. The van der Waals surface area contributed by atoms with Gasteiger partial charge in [-0.25, -0.2) is 0 Å². The summed E-state index contributed by atoms with van der Waals surface area (Å²) in [5, 5.41) is 22.0.